The van der Waals surface area contributed by atoms with Gasteiger partial charge in [-0.1, -0.05) is 19.9 Å². The normalized spacial score (nSPS) is 10.4. The predicted octanol–water partition coefficient (Wildman–Crippen LogP) is 3.01. The summed E-state index contributed by atoms with van der Waals surface area (Å²) in [6.07, 6.45) is 5.38. The molecular formula is C10H15IN2. The molecule has 1 aromatic rings. The minimum absolute atomic E-state index is 1.08. The number of aryl methyl sites for hydroxylation is 2. The molecule has 72 valence electrons. The van der Waals surface area contributed by atoms with Crippen LogP contribution in [0.3, 0.4) is 0 Å². The molecule has 13 heavy (non-hydrogen) atoms. The van der Waals surface area contributed by atoms with Crippen LogP contribution in [0.25, 0.3) is 6.08 Å². The van der Waals surface area contributed by atoms with Crippen molar-refractivity contribution in [3.05, 3.63) is 21.5 Å². The average Bonchev–Trinajstić information content (AvgIpc) is 2.38. The molecule has 0 fully saturated rings. The van der Waals surface area contributed by atoms with E-state index >= 15 is 0 Å². The maximum absolute atomic E-state index is 4.46. The van der Waals surface area contributed by atoms with Crippen LogP contribution in [0.15, 0.2) is 6.58 Å². The molecule has 0 aliphatic rings. The maximum atomic E-state index is 4.46. The van der Waals surface area contributed by atoms with Gasteiger partial charge < -0.3 is 0 Å². The molecule has 0 aromatic carbocycles. The van der Waals surface area contributed by atoms with Crippen molar-refractivity contribution in [3.8, 4) is 0 Å². The molecule has 0 aliphatic heterocycles. The van der Waals surface area contributed by atoms with Gasteiger partial charge in [-0.25, -0.2) is 0 Å². The van der Waals surface area contributed by atoms with Crippen molar-refractivity contribution >= 4 is 28.7 Å². The van der Waals surface area contributed by atoms with Gasteiger partial charge in [0.05, 0.1) is 15.0 Å². The third kappa shape index (κ3) is 2.33. The fourth-order valence-corrected chi connectivity index (χ4v) is 2.24. The number of hydrogen-bond acceptors (Lipinski definition) is 1. The van der Waals surface area contributed by atoms with Crippen molar-refractivity contribution < 1.29 is 0 Å². The Morgan fingerprint density at radius 1 is 1.62 bits per heavy atom. The summed E-state index contributed by atoms with van der Waals surface area (Å²) < 4.78 is 3.16. The van der Waals surface area contributed by atoms with Crippen LogP contribution in [-0.4, -0.2) is 9.78 Å². The Hall–Kier alpha value is -0.320. The zero-order chi connectivity index (χ0) is 9.84. The van der Waals surface area contributed by atoms with E-state index in [0.717, 1.165) is 12.1 Å². The molecule has 0 saturated heterocycles. The molecule has 2 nitrogen and oxygen atoms in total. The van der Waals surface area contributed by atoms with E-state index in [1.165, 1.54) is 22.1 Å². The Labute approximate surface area is 93.2 Å². The summed E-state index contributed by atoms with van der Waals surface area (Å²) in [5, 5.41) is 4.46. The summed E-state index contributed by atoms with van der Waals surface area (Å²) in [7, 11) is 1.97. The Kier molecular flexibility index (Phi) is 3.96. The molecule has 0 aliphatic carbocycles. The smallest absolute Gasteiger partial charge is 0.0764 e. The SMILES string of the molecule is C=Cc1c(I)c(CCCC)nn1C. The highest BCUT2D eigenvalue weighted by Gasteiger charge is 2.09. The second-order valence-corrected chi connectivity index (χ2v) is 4.16. The van der Waals surface area contributed by atoms with Crippen LogP contribution >= 0.6 is 22.6 Å². The van der Waals surface area contributed by atoms with Gasteiger partial charge in [0.1, 0.15) is 0 Å². The van der Waals surface area contributed by atoms with Gasteiger partial charge in [-0.05, 0) is 41.5 Å². The average molecular weight is 290 g/mol. The van der Waals surface area contributed by atoms with Crippen LogP contribution in [0.4, 0.5) is 0 Å². The lowest BCUT2D eigenvalue weighted by Gasteiger charge is -1.93. The van der Waals surface area contributed by atoms with Crippen LogP contribution in [0.5, 0.6) is 0 Å². The quantitative estimate of drug-likeness (QED) is 0.779. The first-order valence-corrected chi connectivity index (χ1v) is 5.62. The summed E-state index contributed by atoms with van der Waals surface area (Å²) in [4.78, 5) is 0. The van der Waals surface area contributed by atoms with Crippen LogP contribution in [0.1, 0.15) is 31.2 Å². The van der Waals surface area contributed by atoms with Crippen LogP contribution in [0.2, 0.25) is 0 Å². The summed E-state index contributed by atoms with van der Waals surface area (Å²) in [5.74, 6) is 0. The number of nitrogens with zero attached hydrogens (tertiary/aromatic N) is 2. The molecular weight excluding hydrogens is 275 g/mol. The molecule has 0 atom stereocenters. The van der Waals surface area contributed by atoms with E-state index in [9.17, 15) is 0 Å². The van der Waals surface area contributed by atoms with Gasteiger partial charge in [0, 0.05) is 7.05 Å². The fourth-order valence-electron chi connectivity index (χ4n) is 1.29. The lowest BCUT2D eigenvalue weighted by Crippen LogP contribution is -1.93. The second kappa shape index (κ2) is 4.79. The predicted molar refractivity (Wildman–Crippen MR) is 64.6 cm³/mol. The first-order valence-electron chi connectivity index (χ1n) is 4.54. The highest BCUT2D eigenvalue weighted by molar-refractivity contribution is 14.1. The zero-order valence-electron chi connectivity index (χ0n) is 8.18. The van der Waals surface area contributed by atoms with E-state index in [1.807, 2.05) is 17.8 Å². The molecule has 1 heterocycles. The first kappa shape index (κ1) is 10.8. The van der Waals surface area contributed by atoms with Crippen molar-refractivity contribution in [2.75, 3.05) is 0 Å². The Morgan fingerprint density at radius 2 is 2.31 bits per heavy atom. The van der Waals surface area contributed by atoms with Crippen molar-refractivity contribution in [1.82, 2.24) is 9.78 Å². The van der Waals surface area contributed by atoms with Crippen LogP contribution < -0.4 is 0 Å². The summed E-state index contributed by atoms with van der Waals surface area (Å²) >= 11 is 2.35. The minimum atomic E-state index is 1.08. The molecule has 0 amide bonds. The summed E-state index contributed by atoms with van der Waals surface area (Å²) in [6.45, 7) is 5.98. The molecule has 0 N–H and O–H groups in total. The van der Waals surface area contributed by atoms with E-state index in [0.29, 0.717) is 0 Å². The van der Waals surface area contributed by atoms with E-state index in [4.69, 9.17) is 0 Å². The molecule has 0 unspecified atom stereocenters. The van der Waals surface area contributed by atoms with Gasteiger partial charge in [-0.2, -0.15) is 5.10 Å². The van der Waals surface area contributed by atoms with Crippen molar-refractivity contribution in [3.63, 3.8) is 0 Å². The first-order chi connectivity index (χ1) is 6.20. The topological polar surface area (TPSA) is 17.8 Å². The van der Waals surface area contributed by atoms with Gasteiger partial charge >= 0.3 is 0 Å². The lowest BCUT2D eigenvalue weighted by molar-refractivity contribution is 0.709. The molecule has 0 radical (unpaired) electrons. The molecule has 0 saturated carbocycles. The third-order valence-corrected chi connectivity index (χ3v) is 3.23. The number of halogens is 1. The number of aromatic nitrogens is 2. The van der Waals surface area contributed by atoms with Crippen LogP contribution in [0, 0.1) is 3.57 Å². The maximum Gasteiger partial charge on any atom is 0.0764 e. The van der Waals surface area contributed by atoms with Gasteiger partial charge in [0.25, 0.3) is 0 Å². The van der Waals surface area contributed by atoms with Gasteiger partial charge in [-0.15, -0.1) is 0 Å². The largest absolute Gasteiger partial charge is 0.267 e. The lowest BCUT2D eigenvalue weighted by atomic mass is 10.2. The monoisotopic (exact) mass is 290 g/mol. The Balaban J connectivity index is 2.90. The van der Waals surface area contributed by atoms with Crippen molar-refractivity contribution in [1.29, 1.82) is 0 Å². The molecule has 3 heteroatoms. The Bertz CT molecular complexity index is 302. The summed E-state index contributed by atoms with van der Waals surface area (Å²) in [5.41, 5.74) is 2.34. The highest BCUT2D eigenvalue weighted by Crippen LogP contribution is 2.18. The van der Waals surface area contributed by atoms with Crippen molar-refractivity contribution in [2.45, 2.75) is 26.2 Å². The van der Waals surface area contributed by atoms with Crippen LogP contribution in [-0.2, 0) is 13.5 Å². The van der Waals surface area contributed by atoms with Crippen molar-refractivity contribution in [2.24, 2.45) is 7.05 Å². The number of hydrogen-bond donors (Lipinski definition) is 0. The number of unbranched alkanes of at least 4 members (excludes halogenated alkanes) is 1. The Morgan fingerprint density at radius 3 is 2.77 bits per heavy atom. The van der Waals surface area contributed by atoms with Gasteiger partial charge in [0.15, 0.2) is 0 Å². The molecule has 0 spiro atoms. The van der Waals surface area contributed by atoms with Gasteiger partial charge in [-0.3, -0.25) is 4.68 Å². The fraction of sp³-hybridized carbons (Fsp3) is 0.500. The van der Waals surface area contributed by atoms with Gasteiger partial charge in [0.2, 0.25) is 0 Å². The second-order valence-electron chi connectivity index (χ2n) is 3.08. The molecule has 1 aromatic heterocycles. The molecule has 0 bridgehead atoms. The standard InChI is InChI=1S/C10H15IN2/c1-4-6-7-8-10(11)9(5-2)13(3)12-8/h5H,2,4,6-7H2,1,3H3. The number of rotatable bonds is 4. The third-order valence-electron chi connectivity index (χ3n) is 2.06. The van der Waals surface area contributed by atoms with E-state index in [-0.39, 0.29) is 0 Å². The summed E-state index contributed by atoms with van der Waals surface area (Å²) in [6, 6.07) is 0. The van der Waals surface area contributed by atoms with E-state index < -0.39 is 0 Å². The highest BCUT2D eigenvalue weighted by atomic mass is 127. The van der Waals surface area contributed by atoms with E-state index in [1.54, 1.807) is 0 Å². The zero-order valence-corrected chi connectivity index (χ0v) is 10.3. The minimum Gasteiger partial charge on any atom is -0.267 e. The van der Waals surface area contributed by atoms with E-state index in [2.05, 4.69) is 41.2 Å². The molecule has 1 rings (SSSR count).